The van der Waals surface area contributed by atoms with Crippen LogP contribution in [0.3, 0.4) is 0 Å². The van der Waals surface area contributed by atoms with Gasteiger partial charge in [-0.1, -0.05) is 48.0 Å². The van der Waals surface area contributed by atoms with Crippen molar-refractivity contribution in [3.05, 3.63) is 93.5 Å². The van der Waals surface area contributed by atoms with E-state index in [4.69, 9.17) is 16.3 Å². The third-order valence-corrected chi connectivity index (χ3v) is 6.06. The lowest BCUT2D eigenvalue weighted by Gasteiger charge is -2.12. The van der Waals surface area contributed by atoms with Gasteiger partial charge in [-0.2, -0.15) is 0 Å². The number of hydrogen-bond acceptors (Lipinski definition) is 5. The van der Waals surface area contributed by atoms with Crippen LogP contribution in [0.5, 0.6) is 5.75 Å². The second-order valence-electron chi connectivity index (χ2n) is 7.14. The highest BCUT2D eigenvalue weighted by atomic mass is 35.5. The maximum Gasteiger partial charge on any atom is 0.266 e. The Morgan fingerprint density at radius 3 is 2.62 bits per heavy atom. The molecule has 1 saturated heterocycles. The van der Waals surface area contributed by atoms with Crippen molar-refractivity contribution < 1.29 is 9.53 Å². The first kappa shape index (κ1) is 22.1. The highest BCUT2D eigenvalue weighted by Gasteiger charge is 2.32. The first-order valence-corrected chi connectivity index (χ1v) is 11.4. The molecular formula is C25H22ClN3O2S. The van der Waals surface area contributed by atoms with Crippen molar-refractivity contribution >= 4 is 46.3 Å². The summed E-state index contributed by atoms with van der Waals surface area (Å²) in [6.07, 6.45) is 1.86. The van der Waals surface area contributed by atoms with Crippen molar-refractivity contribution in [2.24, 2.45) is 4.99 Å². The van der Waals surface area contributed by atoms with E-state index < -0.39 is 0 Å². The Morgan fingerprint density at radius 2 is 1.88 bits per heavy atom. The van der Waals surface area contributed by atoms with Gasteiger partial charge in [0.15, 0.2) is 11.0 Å². The number of likely N-dealkylation sites (N-methyl/N-ethyl adjacent to an activating group) is 1. The third-order valence-electron chi connectivity index (χ3n) is 4.80. The average molecular weight is 464 g/mol. The van der Waals surface area contributed by atoms with Gasteiger partial charge in [-0.3, -0.25) is 9.69 Å². The number of carbonyl (C=O) groups is 1. The molecule has 1 aliphatic heterocycles. The summed E-state index contributed by atoms with van der Waals surface area (Å²) in [5, 5.41) is 1.32. The maximum absolute atomic E-state index is 13.0. The molecule has 1 amide bonds. The van der Waals surface area contributed by atoms with Crippen LogP contribution in [0.2, 0.25) is 5.02 Å². The number of nitrogens with zero attached hydrogens (tertiary/aromatic N) is 3. The molecule has 0 bridgehead atoms. The van der Waals surface area contributed by atoms with Gasteiger partial charge in [0.2, 0.25) is 0 Å². The molecule has 32 heavy (non-hydrogen) atoms. The van der Waals surface area contributed by atoms with E-state index >= 15 is 0 Å². The van der Waals surface area contributed by atoms with Gasteiger partial charge in [0.05, 0.1) is 4.91 Å². The number of thioether (sulfide) groups is 1. The molecule has 0 unspecified atom stereocenters. The summed E-state index contributed by atoms with van der Waals surface area (Å²) >= 11 is 7.31. The maximum atomic E-state index is 13.0. The van der Waals surface area contributed by atoms with Crippen molar-refractivity contribution in [3.8, 4) is 5.75 Å². The molecule has 0 aliphatic carbocycles. The van der Waals surface area contributed by atoms with Crippen molar-refractivity contribution in [2.45, 2.75) is 20.5 Å². The quantitative estimate of drug-likeness (QED) is 0.405. The number of rotatable bonds is 6. The van der Waals surface area contributed by atoms with E-state index in [0.29, 0.717) is 39.8 Å². The lowest BCUT2D eigenvalue weighted by atomic mass is 10.1. The van der Waals surface area contributed by atoms with Gasteiger partial charge >= 0.3 is 0 Å². The zero-order chi connectivity index (χ0) is 22.5. The summed E-state index contributed by atoms with van der Waals surface area (Å²) in [4.78, 5) is 24.3. The Hall–Kier alpha value is -3.09. The largest absolute Gasteiger partial charge is 0.488 e. The molecule has 1 aliphatic rings. The van der Waals surface area contributed by atoms with Crippen LogP contribution >= 0.6 is 23.4 Å². The lowest BCUT2D eigenvalue weighted by molar-refractivity contribution is -0.122. The standard InChI is InChI=1S/C25H22ClN3O2S/c1-3-29-24(30)22(32-25(29)28-23-10-6-7-17(2)27-23)15-19-8-4-5-9-21(19)31-16-18-11-13-20(26)14-12-18/h4-15H,3,16H2,1-2H3/b22-15-,28-25+. The number of pyridine rings is 1. The number of aryl methyl sites for hydroxylation is 1. The molecule has 4 rings (SSSR count). The second kappa shape index (κ2) is 10.0. The molecule has 7 heteroatoms. The number of halogens is 1. The SMILES string of the molecule is CCN1C(=O)/C(=C/c2ccccc2OCc2ccc(Cl)cc2)S/C1=N/c1cccc(C)n1. The number of carbonyl (C=O) groups excluding carboxylic acids is 1. The Kier molecular flexibility index (Phi) is 6.93. The molecule has 3 aromatic rings. The summed E-state index contributed by atoms with van der Waals surface area (Å²) in [5.74, 6) is 1.22. The minimum atomic E-state index is -0.0728. The summed E-state index contributed by atoms with van der Waals surface area (Å²) in [6, 6.07) is 20.9. The van der Waals surface area contributed by atoms with E-state index in [1.807, 2.05) is 86.7 Å². The number of aliphatic imine (C=N–C) groups is 1. The van der Waals surface area contributed by atoms with E-state index in [-0.39, 0.29) is 5.91 Å². The van der Waals surface area contributed by atoms with Gasteiger partial charge < -0.3 is 4.74 Å². The molecule has 0 saturated carbocycles. The van der Waals surface area contributed by atoms with Crippen LogP contribution in [0.25, 0.3) is 6.08 Å². The number of ether oxygens (including phenoxy) is 1. The first-order valence-electron chi connectivity index (χ1n) is 10.2. The van der Waals surface area contributed by atoms with Crippen LogP contribution < -0.4 is 4.74 Å². The van der Waals surface area contributed by atoms with Gasteiger partial charge in [0.25, 0.3) is 5.91 Å². The number of amides is 1. The lowest BCUT2D eigenvalue weighted by Crippen LogP contribution is -2.28. The zero-order valence-electron chi connectivity index (χ0n) is 17.8. The van der Waals surface area contributed by atoms with Crippen LogP contribution in [0.4, 0.5) is 5.82 Å². The summed E-state index contributed by atoms with van der Waals surface area (Å²) in [5.41, 5.74) is 2.73. The van der Waals surface area contributed by atoms with Gasteiger partial charge in [-0.25, -0.2) is 9.98 Å². The van der Waals surface area contributed by atoms with Crippen LogP contribution in [-0.4, -0.2) is 27.5 Å². The number of para-hydroxylation sites is 1. The fraction of sp³-hybridized carbons (Fsp3) is 0.160. The minimum absolute atomic E-state index is 0.0728. The normalized spacial score (nSPS) is 16.2. The third kappa shape index (κ3) is 5.21. The zero-order valence-corrected chi connectivity index (χ0v) is 19.4. The minimum Gasteiger partial charge on any atom is -0.488 e. The van der Waals surface area contributed by atoms with Crippen molar-refractivity contribution in [1.82, 2.24) is 9.88 Å². The molecule has 162 valence electrons. The van der Waals surface area contributed by atoms with Gasteiger partial charge in [0, 0.05) is 22.8 Å². The van der Waals surface area contributed by atoms with E-state index in [1.54, 1.807) is 4.90 Å². The van der Waals surface area contributed by atoms with Gasteiger partial charge in [-0.05, 0) is 67.6 Å². The fourth-order valence-electron chi connectivity index (χ4n) is 3.17. The molecular weight excluding hydrogens is 442 g/mol. The average Bonchev–Trinajstić information content (AvgIpc) is 3.08. The van der Waals surface area contributed by atoms with E-state index in [9.17, 15) is 4.79 Å². The smallest absolute Gasteiger partial charge is 0.266 e. The first-order chi connectivity index (χ1) is 15.5. The Balaban J connectivity index is 1.58. The molecule has 0 atom stereocenters. The van der Waals surface area contributed by atoms with Crippen molar-refractivity contribution in [1.29, 1.82) is 0 Å². The highest BCUT2D eigenvalue weighted by molar-refractivity contribution is 8.18. The molecule has 0 spiro atoms. The molecule has 2 heterocycles. The Bertz CT molecular complexity index is 1190. The van der Waals surface area contributed by atoms with Crippen molar-refractivity contribution in [3.63, 3.8) is 0 Å². The summed E-state index contributed by atoms with van der Waals surface area (Å²) in [6.45, 7) is 4.79. The van der Waals surface area contributed by atoms with Crippen molar-refractivity contribution in [2.75, 3.05) is 6.54 Å². The molecule has 0 N–H and O–H groups in total. The number of benzene rings is 2. The predicted molar refractivity (Wildman–Crippen MR) is 131 cm³/mol. The molecule has 2 aromatic carbocycles. The van der Waals surface area contributed by atoms with Crippen LogP contribution in [0.15, 0.2) is 76.6 Å². The topological polar surface area (TPSA) is 54.8 Å². The summed E-state index contributed by atoms with van der Waals surface area (Å²) in [7, 11) is 0. The van der Waals surface area contributed by atoms with E-state index in [2.05, 4.69) is 9.98 Å². The van der Waals surface area contributed by atoms with Gasteiger partial charge in [-0.15, -0.1) is 0 Å². The number of hydrogen-bond donors (Lipinski definition) is 0. The number of amidine groups is 1. The van der Waals surface area contributed by atoms with Crippen LogP contribution in [0.1, 0.15) is 23.7 Å². The monoisotopic (exact) mass is 463 g/mol. The molecule has 1 fully saturated rings. The van der Waals surface area contributed by atoms with Gasteiger partial charge in [0.1, 0.15) is 12.4 Å². The Morgan fingerprint density at radius 1 is 1.09 bits per heavy atom. The fourth-order valence-corrected chi connectivity index (χ4v) is 4.34. The van der Waals surface area contributed by atoms with E-state index in [1.165, 1.54) is 11.8 Å². The summed E-state index contributed by atoms with van der Waals surface area (Å²) < 4.78 is 6.04. The van der Waals surface area contributed by atoms with Crippen LogP contribution in [0, 0.1) is 6.92 Å². The number of aromatic nitrogens is 1. The molecule has 5 nitrogen and oxygen atoms in total. The Labute approximate surface area is 196 Å². The highest BCUT2D eigenvalue weighted by Crippen LogP contribution is 2.35. The van der Waals surface area contributed by atoms with Crippen LogP contribution in [-0.2, 0) is 11.4 Å². The van der Waals surface area contributed by atoms with E-state index in [0.717, 1.165) is 16.8 Å². The second-order valence-corrected chi connectivity index (χ2v) is 8.59. The molecule has 0 radical (unpaired) electrons. The predicted octanol–water partition coefficient (Wildman–Crippen LogP) is 6.25. The molecule has 1 aromatic heterocycles.